The number of hydrogen-bond donors (Lipinski definition) is 0. The fourth-order valence-corrected chi connectivity index (χ4v) is 2.64. The SMILES string of the molecule is CCOC(=O)C1CCN(Cc2cc(F)ccc2C)CC1. The van der Waals surface area contributed by atoms with Crippen LogP contribution in [0.5, 0.6) is 0 Å². The van der Waals surface area contributed by atoms with Crippen molar-refractivity contribution < 1.29 is 13.9 Å². The fourth-order valence-electron chi connectivity index (χ4n) is 2.64. The van der Waals surface area contributed by atoms with Gasteiger partial charge in [-0.15, -0.1) is 0 Å². The molecule has 0 aliphatic carbocycles. The Morgan fingerprint density at radius 2 is 2.10 bits per heavy atom. The molecule has 0 N–H and O–H groups in total. The van der Waals surface area contributed by atoms with Crippen molar-refractivity contribution >= 4 is 5.97 Å². The monoisotopic (exact) mass is 279 g/mol. The summed E-state index contributed by atoms with van der Waals surface area (Å²) < 4.78 is 18.3. The number of piperidine rings is 1. The number of benzene rings is 1. The van der Waals surface area contributed by atoms with Crippen molar-refractivity contribution in [2.75, 3.05) is 19.7 Å². The summed E-state index contributed by atoms with van der Waals surface area (Å²) in [6.07, 6.45) is 1.65. The van der Waals surface area contributed by atoms with Crippen molar-refractivity contribution in [3.8, 4) is 0 Å². The van der Waals surface area contributed by atoms with E-state index in [1.54, 1.807) is 6.07 Å². The van der Waals surface area contributed by atoms with E-state index in [0.29, 0.717) is 6.61 Å². The Bertz CT molecular complexity index is 468. The zero-order valence-electron chi connectivity index (χ0n) is 12.2. The summed E-state index contributed by atoms with van der Waals surface area (Å²) in [5.74, 6) is -0.235. The predicted molar refractivity (Wildman–Crippen MR) is 75.8 cm³/mol. The second kappa shape index (κ2) is 6.84. The molecule has 0 aromatic heterocycles. The lowest BCUT2D eigenvalue weighted by Gasteiger charge is -2.31. The molecule has 0 bridgehead atoms. The molecule has 0 unspecified atom stereocenters. The Morgan fingerprint density at radius 1 is 1.40 bits per heavy atom. The van der Waals surface area contributed by atoms with Crippen molar-refractivity contribution in [2.45, 2.75) is 33.2 Å². The van der Waals surface area contributed by atoms with Crippen LogP contribution in [0.1, 0.15) is 30.9 Å². The molecule has 0 amide bonds. The van der Waals surface area contributed by atoms with E-state index in [0.717, 1.165) is 43.6 Å². The summed E-state index contributed by atoms with van der Waals surface area (Å²) in [5, 5.41) is 0. The van der Waals surface area contributed by atoms with Crippen LogP contribution in [0.2, 0.25) is 0 Å². The molecule has 1 heterocycles. The quantitative estimate of drug-likeness (QED) is 0.794. The summed E-state index contributed by atoms with van der Waals surface area (Å²) in [4.78, 5) is 13.9. The van der Waals surface area contributed by atoms with Gasteiger partial charge in [0.25, 0.3) is 0 Å². The average Bonchev–Trinajstić information content (AvgIpc) is 2.44. The Labute approximate surface area is 119 Å². The normalized spacial score (nSPS) is 17.1. The van der Waals surface area contributed by atoms with E-state index >= 15 is 0 Å². The Hall–Kier alpha value is -1.42. The first-order valence-corrected chi connectivity index (χ1v) is 7.24. The molecule has 1 fully saturated rings. The number of ether oxygens (including phenoxy) is 1. The molecule has 0 atom stereocenters. The van der Waals surface area contributed by atoms with E-state index in [1.165, 1.54) is 6.07 Å². The van der Waals surface area contributed by atoms with Crippen molar-refractivity contribution in [1.82, 2.24) is 4.90 Å². The van der Waals surface area contributed by atoms with Gasteiger partial charge in [0.1, 0.15) is 5.82 Å². The van der Waals surface area contributed by atoms with E-state index in [4.69, 9.17) is 4.74 Å². The largest absolute Gasteiger partial charge is 0.466 e. The molecule has 0 spiro atoms. The molecule has 1 aliphatic heterocycles. The minimum atomic E-state index is -0.188. The first-order valence-electron chi connectivity index (χ1n) is 7.24. The van der Waals surface area contributed by atoms with Crippen molar-refractivity contribution in [1.29, 1.82) is 0 Å². The van der Waals surface area contributed by atoms with Gasteiger partial charge in [-0.25, -0.2) is 4.39 Å². The van der Waals surface area contributed by atoms with Gasteiger partial charge in [-0.1, -0.05) is 6.07 Å². The van der Waals surface area contributed by atoms with Crippen molar-refractivity contribution in [2.24, 2.45) is 5.92 Å². The van der Waals surface area contributed by atoms with Crippen LogP contribution < -0.4 is 0 Å². The number of carbonyl (C=O) groups is 1. The third kappa shape index (κ3) is 3.79. The molecule has 1 aliphatic rings. The summed E-state index contributed by atoms with van der Waals surface area (Å²) in [5.41, 5.74) is 2.14. The third-order valence-electron chi connectivity index (χ3n) is 3.91. The third-order valence-corrected chi connectivity index (χ3v) is 3.91. The topological polar surface area (TPSA) is 29.5 Å². The highest BCUT2D eigenvalue weighted by molar-refractivity contribution is 5.72. The first-order chi connectivity index (χ1) is 9.60. The van der Waals surface area contributed by atoms with Crippen LogP contribution in [0.25, 0.3) is 0 Å². The van der Waals surface area contributed by atoms with Gasteiger partial charge in [-0.2, -0.15) is 0 Å². The van der Waals surface area contributed by atoms with Gasteiger partial charge in [0.2, 0.25) is 0 Å². The molecule has 20 heavy (non-hydrogen) atoms. The van der Waals surface area contributed by atoms with E-state index in [2.05, 4.69) is 4.90 Å². The Balaban J connectivity index is 1.88. The Kier molecular flexibility index (Phi) is 5.12. The van der Waals surface area contributed by atoms with Crippen LogP contribution in [-0.2, 0) is 16.1 Å². The summed E-state index contributed by atoms with van der Waals surface area (Å²) >= 11 is 0. The molecule has 0 radical (unpaired) electrons. The van der Waals surface area contributed by atoms with E-state index in [-0.39, 0.29) is 17.7 Å². The number of halogens is 1. The van der Waals surface area contributed by atoms with Crippen LogP contribution >= 0.6 is 0 Å². The number of likely N-dealkylation sites (tertiary alicyclic amines) is 1. The highest BCUT2D eigenvalue weighted by Crippen LogP contribution is 2.21. The number of aryl methyl sites for hydroxylation is 1. The molecule has 1 aromatic carbocycles. The molecule has 1 saturated heterocycles. The number of nitrogens with zero attached hydrogens (tertiary/aromatic N) is 1. The lowest BCUT2D eigenvalue weighted by atomic mass is 9.96. The van der Waals surface area contributed by atoms with Crippen LogP contribution in [0.3, 0.4) is 0 Å². The van der Waals surface area contributed by atoms with Gasteiger partial charge in [-0.3, -0.25) is 9.69 Å². The van der Waals surface area contributed by atoms with Gasteiger partial charge < -0.3 is 4.74 Å². The van der Waals surface area contributed by atoms with Gasteiger partial charge in [0.05, 0.1) is 12.5 Å². The zero-order valence-corrected chi connectivity index (χ0v) is 12.2. The summed E-state index contributed by atoms with van der Waals surface area (Å²) in [6, 6.07) is 4.91. The smallest absolute Gasteiger partial charge is 0.309 e. The molecule has 4 heteroatoms. The van der Waals surface area contributed by atoms with Gasteiger partial charge >= 0.3 is 5.97 Å². The second-order valence-electron chi connectivity index (χ2n) is 5.37. The summed E-state index contributed by atoms with van der Waals surface area (Å²) in [6.45, 7) is 6.75. The fraction of sp³-hybridized carbons (Fsp3) is 0.562. The average molecular weight is 279 g/mol. The van der Waals surface area contributed by atoms with Crippen LogP contribution in [0.15, 0.2) is 18.2 Å². The van der Waals surface area contributed by atoms with Gasteiger partial charge in [0.15, 0.2) is 0 Å². The first kappa shape index (κ1) is 15.0. The van der Waals surface area contributed by atoms with Gasteiger partial charge in [0, 0.05) is 6.54 Å². The molecule has 0 saturated carbocycles. The van der Waals surface area contributed by atoms with E-state index < -0.39 is 0 Å². The van der Waals surface area contributed by atoms with Crippen molar-refractivity contribution in [3.05, 3.63) is 35.1 Å². The van der Waals surface area contributed by atoms with E-state index in [9.17, 15) is 9.18 Å². The lowest BCUT2D eigenvalue weighted by Crippen LogP contribution is -2.36. The Morgan fingerprint density at radius 3 is 2.75 bits per heavy atom. The molecule has 2 rings (SSSR count). The maximum atomic E-state index is 13.3. The summed E-state index contributed by atoms with van der Waals surface area (Å²) in [7, 11) is 0. The molecule has 1 aromatic rings. The number of carbonyl (C=O) groups excluding carboxylic acids is 1. The van der Waals surface area contributed by atoms with Crippen molar-refractivity contribution in [3.63, 3.8) is 0 Å². The van der Waals surface area contributed by atoms with E-state index in [1.807, 2.05) is 19.9 Å². The lowest BCUT2D eigenvalue weighted by molar-refractivity contribution is -0.149. The highest BCUT2D eigenvalue weighted by atomic mass is 19.1. The molecule has 3 nitrogen and oxygen atoms in total. The van der Waals surface area contributed by atoms with Gasteiger partial charge in [-0.05, 0) is 63.0 Å². The zero-order chi connectivity index (χ0) is 14.5. The maximum Gasteiger partial charge on any atom is 0.309 e. The molecular formula is C16H22FNO2. The standard InChI is InChI=1S/C16H22FNO2/c1-3-20-16(19)13-6-8-18(9-7-13)11-14-10-15(17)5-4-12(14)2/h4-5,10,13H,3,6-9,11H2,1-2H3. The van der Waals surface area contributed by atoms with Crippen LogP contribution in [0, 0.1) is 18.7 Å². The molecule has 110 valence electrons. The number of hydrogen-bond acceptors (Lipinski definition) is 3. The van der Waals surface area contributed by atoms with Crippen LogP contribution in [0.4, 0.5) is 4.39 Å². The number of esters is 1. The maximum absolute atomic E-state index is 13.3. The minimum absolute atomic E-state index is 0.0276. The predicted octanol–water partition coefficient (Wildman–Crippen LogP) is 2.91. The second-order valence-corrected chi connectivity index (χ2v) is 5.37. The highest BCUT2D eigenvalue weighted by Gasteiger charge is 2.26. The minimum Gasteiger partial charge on any atom is -0.466 e. The molecular weight excluding hydrogens is 257 g/mol. The number of rotatable bonds is 4. The van der Waals surface area contributed by atoms with Crippen LogP contribution in [-0.4, -0.2) is 30.6 Å².